The van der Waals surface area contributed by atoms with Crippen LogP contribution in [0.15, 0.2) is 24.3 Å². The first-order valence-electron chi connectivity index (χ1n) is 8.31. The molecule has 0 radical (unpaired) electrons. The van der Waals surface area contributed by atoms with Crippen LogP contribution in [0.25, 0.3) is 0 Å². The second-order valence-corrected chi connectivity index (χ2v) is 6.68. The van der Waals surface area contributed by atoms with Crippen LogP contribution >= 0.6 is 0 Å². The molecule has 0 saturated heterocycles. The molecular formula is C18H27NO2. The molecule has 3 nitrogen and oxygen atoms in total. The van der Waals surface area contributed by atoms with Crippen LogP contribution in [-0.4, -0.2) is 24.9 Å². The highest BCUT2D eigenvalue weighted by molar-refractivity contribution is 5.30. The van der Waals surface area contributed by atoms with Gasteiger partial charge in [-0.25, -0.2) is 0 Å². The first-order valence-corrected chi connectivity index (χ1v) is 8.31. The molecular weight excluding hydrogens is 262 g/mol. The molecule has 3 heteroatoms. The van der Waals surface area contributed by atoms with Crippen molar-refractivity contribution in [1.82, 2.24) is 5.32 Å². The number of nitrogens with one attached hydrogen (secondary N) is 1. The number of ether oxygens (including phenoxy) is 1. The van der Waals surface area contributed by atoms with Gasteiger partial charge in [-0.15, -0.1) is 0 Å². The van der Waals surface area contributed by atoms with Crippen molar-refractivity contribution in [2.75, 3.05) is 13.7 Å². The van der Waals surface area contributed by atoms with Gasteiger partial charge in [0.05, 0.1) is 13.2 Å². The summed E-state index contributed by atoms with van der Waals surface area (Å²) in [6, 6.07) is 8.94. The van der Waals surface area contributed by atoms with Crippen molar-refractivity contribution < 1.29 is 9.84 Å². The first-order chi connectivity index (χ1) is 10.3. The lowest BCUT2D eigenvalue weighted by molar-refractivity contribution is 0.0993. The summed E-state index contributed by atoms with van der Waals surface area (Å²) in [4.78, 5) is 0. The number of hydrogen-bond donors (Lipinski definition) is 2. The van der Waals surface area contributed by atoms with Crippen LogP contribution in [-0.2, 0) is 0 Å². The Morgan fingerprint density at radius 2 is 1.95 bits per heavy atom. The van der Waals surface area contributed by atoms with E-state index in [-0.39, 0.29) is 6.10 Å². The van der Waals surface area contributed by atoms with Gasteiger partial charge in [0.15, 0.2) is 0 Å². The Bertz CT molecular complexity index is 441. The third-order valence-electron chi connectivity index (χ3n) is 4.95. The summed E-state index contributed by atoms with van der Waals surface area (Å²) in [5.74, 6) is 2.34. The zero-order valence-electron chi connectivity index (χ0n) is 12.9. The Morgan fingerprint density at radius 1 is 1.19 bits per heavy atom. The van der Waals surface area contributed by atoms with E-state index >= 15 is 0 Å². The Hall–Kier alpha value is -1.06. The van der Waals surface area contributed by atoms with Crippen molar-refractivity contribution in [3.8, 4) is 5.75 Å². The van der Waals surface area contributed by atoms with Crippen LogP contribution in [0.4, 0.5) is 0 Å². The number of aliphatic hydroxyl groups excluding tert-OH is 1. The SMILES string of the molecule is COc1ccc(C(NCC2CCCC(O)C2)C2CC2)cc1. The van der Waals surface area contributed by atoms with Gasteiger partial charge in [-0.3, -0.25) is 0 Å². The molecule has 0 heterocycles. The van der Waals surface area contributed by atoms with Crippen LogP contribution in [0.5, 0.6) is 5.75 Å². The quantitative estimate of drug-likeness (QED) is 0.844. The standard InChI is InChI=1S/C18H27NO2/c1-21-17-9-7-15(8-10-17)18(14-5-6-14)19-12-13-3-2-4-16(20)11-13/h7-10,13-14,16,18-20H,2-6,11-12H2,1H3. The lowest BCUT2D eigenvalue weighted by Gasteiger charge is -2.28. The Morgan fingerprint density at radius 3 is 2.57 bits per heavy atom. The second-order valence-electron chi connectivity index (χ2n) is 6.68. The highest BCUT2D eigenvalue weighted by Gasteiger charge is 2.32. The minimum atomic E-state index is -0.0779. The fraction of sp³-hybridized carbons (Fsp3) is 0.667. The molecule has 0 amide bonds. The molecule has 2 aliphatic carbocycles. The molecule has 2 N–H and O–H groups in total. The number of benzene rings is 1. The smallest absolute Gasteiger partial charge is 0.118 e. The molecule has 0 spiro atoms. The van der Waals surface area contributed by atoms with Gasteiger partial charge in [-0.05, 0) is 68.2 Å². The predicted molar refractivity (Wildman–Crippen MR) is 84.4 cm³/mol. The number of rotatable bonds is 6. The van der Waals surface area contributed by atoms with E-state index in [1.54, 1.807) is 7.11 Å². The van der Waals surface area contributed by atoms with Gasteiger partial charge in [0.1, 0.15) is 5.75 Å². The lowest BCUT2D eigenvalue weighted by Crippen LogP contribution is -2.32. The average molecular weight is 289 g/mol. The highest BCUT2D eigenvalue weighted by atomic mass is 16.5. The average Bonchev–Trinajstić information content (AvgIpc) is 3.33. The van der Waals surface area contributed by atoms with Crippen molar-refractivity contribution in [3.05, 3.63) is 29.8 Å². The third-order valence-corrected chi connectivity index (χ3v) is 4.95. The molecule has 3 atom stereocenters. The van der Waals surface area contributed by atoms with Crippen LogP contribution in [0.2, 0.25) is 0 Å². The zero-order chi connectivity index (χ0) is 14.7. The normalized spacial score (nSPS) is 27.3. The van der Waals surface area contributed by atoms with Gasteiger partial charge in [0, 0.05) is 6.04 Å². The van der Waals surface area contributed by atoms with Gasteiger partial charge in [-0.1, -0.05) is 18.6 Å². The number of hydrogen-bond acceptors (Lipinski definition) is 3. The van der Waals surface area contributed by atoms with E-state index in [9.17, 15) is 5.11 Å². The summed E-state index contributed by atoms with van der Waals surface area (Å²) in [6.45, 7) is 1.03. The monoisotopic (exact) mass is 289 g/mol. The van der Waals surface area contributed by atoms with Gasteiger partial charge in [-0.2, -0.15) is 0 Å². The molecule has 3 unspecified atom stereocenters. The van der Waals surface area contributed by atoms with Gasteiger partial charge in [0.2, 0.25) is 0 Å². The molecule has 116 valence electrons. The maximum absolute atomic E-state index is 9.80. The van der Waals surface area contributed by atoms with Crippen molar-refractivity contribution >= 4 is 0 Å². The van der Waals surface area contributed by atoms with Crippen molar-refractivity contribution in [2.45, 2.75) is 50.7 Å². The molecule has 0 aromatic heterocycles. The molecule has 1 aromatic rings. The molecule has 3 rings (SSSR count). The minimum absolute atomic E-state index is 0.0779. The molecule has 2 saturated carbocycles. The zero-order valence-corrected chi connectivity index (χ0v) is 12.9. The molecule has 0 bridgehead atoms. The van der Waals surface area contributed by atoms with E-state index in [0.29, 0.717) is 12.0 Å². The van der Waals surface area contributed by atoms with E-state index < -0.39 is 0 Å². The van der Waals surface area contributed by atoms with Crippen molar-refractivity contribution in [1.29, 1.82) is 0 Å². The Kier molecular flexibility index (Phi) is 4.81. The molecule has 1 aromatic carbocycles. The summed E-state index contributed by atoms with van der Waals surface area (Å²) >= 11 is 0. The van der Waals surface area contributed by atoms with E-state index in [4.69, 9.17) is 4.74 Å². The van der Waals surface area contributed by atoms with Gasteiger partial charge in [0.25, 0.3) is 0 Å². The van der Waals surface area contributed by atoms with Crippen molar-refractivity contribution in [3.63, 3.8) is 0 Å². The van der Waals surface area contributed by atoms with Gasteiger partial charge >= 0.3 is 0 Å². The second kappa shape index (κ2) is 6.80. The lowest BCUT2D eigenvalue weighted by atomic mass is 9.87. The topological polar surface area (TPSA) is 41.5 Å². The van der Waals surface area contributed by atoms with Crippen molar-refractivity contribution in [2.24, 2.45) is 11.8 Å². The van der Waals surface area contributed by atoms with Crippen LogP contribution in [0.3, 0.4) is 0 Å². The van der Waals surface area contributed by atoms with Crippen LogP contribution < -0.4 is 10.1 Å². The fourth-order valence-electron chi connectivity index (χ4n) is 3.54. The minimum Gasteiger partial charge on any atom is -0.497 e. The molecule has 0 aliphatic heterocycles. The highest BCUT2D eigenvalue weighted by Crippen LogP contribution is 2.41. The Labute approximate surface area is 127 Å². The van der Waals surface area contributed by atoms with Gasteiger partial charge < -0.3 is 15.2 Å². The summed E-state index contributed by atoms with van der Waals surface area (Å²) in [5.41, 5.74) is 1.37. The third kappa shape index (κ3) is 3.98. The molecule has 2 aliphatic rings. The van der Waals surface area contributed by atoms with E-state index in [0.717, 1.165) is 31.1 Å². The van der Waals surface area contributed by atoms with Crippen LogP contribution in [0, 0.1) is 11.8 Å². The summed E-state index contributed by atoms with van der Waals surface area (Å²) < 4.78 is 5.24. The largest absolute Gasteiger partial charge is 0.497 e. The van der Waals surface area contributed by atoms with E-state index in [1.807, 2.05) is 0 Å². The number of methoxy groups -OCH3 is 1. The van der Waals surface area contributed by atoms with E-state index in [2.05, 4.69) is 29.6 Å². The summed E-state index contributed by atoms with van der Waals surface area (Å²) in [5, 5.41) is 13.6. The Balaban J connectivity index is 1.59. The van der Waals surface area contributed by atoms with E-state index in [1.165, 1.54) is 31.2 Å². The first kappa shape index (κ1) is 14.9. The van der Waals surface area contributed by atoms with Crippen LogP contribution in [0.1, 0.15) is 50.1 Å². The predicted octanol–water partition coefficient (Wildman–Crippen LogP) is 3.29. The maximum atomic E-state index is 9.80. The molecule has 21 heavy (non-hydrogen) atoms. The maximum Gasteiger partial charge on any atom is 0.118 e. The fourth-order valence-corrected chi connectivity index (χ4v) is 3.54. The summed E-state index contributed by atoms with van der Waals surface area (Å²) in [6.07, 6.45) is 6.96. The summed E-state index contributed by atoms with van der Waals surface area (Å²) in [7, 11) is 1.71. The number of aliphatic hydroxyl groups is 1. The molecule has 2 fully saturated rings.